The maximum Gasteiger partial charge on any atom is 0.272 e. The van der Waals surface area contributed by atoms with Gasteiger partial charge in [0.15, 0.2) is 0 Å². The zero-order chi connectivity index (χ0) is 10.8. The van der Waals surface area contributed by atoms with Crippen LogP contribution in [0.5, 0.6) is 0 Å². The number of carbonyl (C=O) groups excluding carboxylic acids is 2. The molecule has 0 saturated carbocycles. The van der Waals surface area contributed by atoms with E-state index in [9.17, 15) is 9.59 Å². The van der Waals surface area contributed by atoms with E-state index in [1.54, 1.807) is 12.1 Å². The van der Waals surface area contributed by atoms with Crippen LogP contribution in [0.3, 0.4) is 0 Å². The van der Waals surface area contributed by atoms with Crippen molar-refractivity contribution in [3.8, 4) is 0 Å². The van der Waals surface area contributed by atoms with Crippen LogP contribution in [0.1, 0.15) is 15.9 Å². The van der Waals surface area contributed by atoms with Crippen LogP contribution in [0.4, 0.5) is 0 Å². The topological polar surface area (TPSA) is 49.4 Å². The minimum Gasteiger partial charge on any atom is -0.272 e. The van der Waals surface area contributed by atoms with Gasteiger partial charge in [-0.1, -0.05) is 18.2 Å². The van der Waals surface area contributed by atoms with Crippen molar-refractivity contribution in [1.29, 1.82) is 0 Å². The van der Waals surface area contributed by atoms with Gasteiger partial charge in [-0.25, -0.2) is 5.01 Å². The number of rotatable bonds is 2. The van der Waals surface area contributed by atoms with Crippen LogP contribution in [-0.2, 0) is 11.3 Å². The van der Waals surface area contributed by atoms with Gasteiger partial charge in [-0.15, -0.1) is 11.6 Å². The highest BCUT2D eigenvalue weighted by Gasteiger charge is 2.27. The summed E-state index contributed by atoms with van der Waals surface area (Å²) in [5.74, 6) is -0.720. The van der Waals surface area contributed by atoms with Crippen LogP contribution < -0.4 is 5.43 Å². The van der Waals surface area contributed by atoms with Gasteiger partial charge in [-0.2, -0.15) is 0 Å². The molecule has 0 saturated heterocycles. The Bertz CT molecular complexity index is 420. The molecule has 78 valence electrons. The lowest BCUT2D eigenvalue weighted by atomic mass is 10.1. The Morgan fingerprint density at radius 1 is 1.47 bits per heavy atom. The minimum absolute atomic E-state index is 0.153. The van der Waals surface area contributed by atoms with Gasteiger partial charge < -0.3 is 0 Å². The smallest absolute Gasteiger partial charge is 0.272 e. The number of fused-ring (bicyclic) bond motifs is 1. The molecule has 0 bridgehead atoms. The molecule has 0 spiro atoms. The molecular formula is C10H9ClN2O2. The lowest BCUT2D eigenvalue weighted by Crippen LogP contribution is -2.42. The van der Waals surface area contributed by atoms with Gasteiger partial charge in [-0.05, 0) is 11.6 Å². The fourth-order valence-corrected chi connectivity index (χ4v) is 1.58. The van der Waals surface area contributed by atoms with Crippen molar-refractivity contribution in [2.45, 2.75) is 6.54 Å². The molecule has 1 heterocycles. The highest BCUT2D eigenvalue weighted by atomic mass is 35.5. The molecule has 0 aliphatic carbocycles. The second kappa shape index (κ2) is 3.90. The largest absolute Gasteiger partial charge is 0.272 e. The first kappa shape index (κ1) is 9.98. The lowest BCUT2D eigenvalue weighted by molar-refractivity contribution is -0.122. The summed E-state index contributed by atoms with van der Waals surface area (Å²) in [5, 5.41) is 1.27. The quantitative estimate of drug-likeness (QED) is 0.760. The number of hydrogen-bond donors (Lipinski definition) is 1. The van der Waals surface area contributed by atoms with Crippen molar-refractivity contribution in [1.82, 2.24) is 10.4 Å². The molecule has 1 aliphatic rings. The van der Waals surface area contributed by atoms with E-state index >= 15 is 0 Å². The lowest BCUT2D eigenvalue weighted by Gasteiger charge is -2.15. The predicted octanol–water partition coefficient (Wildman–Crippen LogP) is 0.912. The second-order valence-electron chi connectivity index (χ2n) is 3.22. The highest BCUT2D eigenvalue weighted by Crippen LogP contribution is 2.20. The molecule has 0 aromatic heterocycles. The number of nitrogens with one attached hydrogen (secondary N) is 1. The number of amides is 2. The van der Waals surface area contributed by atoms with E-state index in [0.29, 0.717) is 12.1 Å². The molecule has 0 fully saturated rings. The number of alkyl halides is 1. The summed E-state index contributed by atoms with van der Waals surface area (Å²) in [4.78, 5) is 22.7. The standard InChI is InChI=1S/C10H9ClN2O2/c11-5-9(14)12-13-6-7-3-1-2-4-8(7)10(13)15/h1-4H,5-6H2,(H,12,14). The third-order valence-electron chi connectivity index (χ3n) is 2.20. The maximum absolute atomic E-state index is 11.7. The molecule has 1 aromatic carbocycles. The van der Waals surface area contributed by atoms with E-state index < -0.39 is 0 Å². The molecule has 2 amide bonds. The summed E-state index contributed by atoms with van der Waals surface area (Å²) in [6, 6.07) is 7.26. The molecule has 1 aromatic rings. The van der Waals surface area contributed by atoms with Gasteiger partial charge in [0.2, 0.25) is 0 Å². The predicted molar refractivity (Wildman–Crippen MR) is 55.2 cm³/mol. The molecule has 2 rings (SSSR count). The summed E-state index contributed by atoms with van der Waals surface area (Å²) in [6.45, 7) is 0.400. The van der Waals surface area contributed by atoms with E-state index in [0.717, 1.165) is 5.56 Å². The molecule has 1 N–H and O–H groups in total. The summed E-state index contributed by atoms with van der Waals surface area (Å²) in [6.07, 6.45) is 0. The summed E-state index contributed by atoms with van der Waals surface area (Å²) >= 11 is 5.34. The Hall–Kier alpha value is -1.55. The minimum atomic E-state index is -0.377. The number of hydrogen-bond acceptors (Lipinski definition) is 2. The van der Waals surface area contributed by atoms with Gasteiger partial charge in [0, 0.05) is 5.56 Å². The van der Waals surface area contributed by atoms with Gasteiger partial charge in [0.25, 0.3) is 11.8 Å². The van der Waals surface area contributed by atoms with Crippen LogP contribution >= 0.6 is 11.6 Å². The molecule has 0 radical (unpaired) electrons. The third-order valence-corrected chi connectivity index (χ3v) is 2.45. The number of hydrazine groups is 1. The average Bonchev–Trinajstić information content (AvgIpc) is 2.57. The SMILES string of the molecule is O=C(CCl)NN1Cc2ccccc2C1=O. The Labute approximate surface area is 91.8 Å². The van der Waals surface area contributed by atoms with E-state index in [-0.39, 0.29) is 17.7 Å². The average molecular weight is 225 g/mol. The van der Waals surface area contributed by atoms with Crippen molar-refractivity contribution >= 4 is 23.4 Å². The molecule has 0 atom stereocenters. The van der Waals surface area contributed by atoms with Crippen molar-refractivity contribution in [3.05, 3.63) is 35.4 Å². The van der Waals surface area contributed by atoms with Crippen LogP contribution in [0.15, 0.2) is 24.3 Å². The highest BCUT2D eigenvalue weighted by molar-refractivity contribution is 6.27. The molecule has 4 nitrogen and oxygen atoms in total. The maximum atomic E-state index is 11.7. The van der Waals surface area contributed by atoms with Gasteiger partial charge in [0.05, 0.1) is 6.54 Å². The Morgan fingerprint density at radius 3 is 2.87 bits per heavy atom. The summed E-state index contributed by atoms with van der Waals surface area (Å²) < 4.78 is 0. The van der Waals surface area contributed by atoms with E-state index in [1.807, 2.05) is 12.1 Å². The summed E-state index contributed by atoms with van der Waals surface area (Å²) in [7, 11) is 0. The normalized spacial score (nSPS) is 13.9. The van der Waals surface area contributed by atoms with Crippen LogP contribution in [0, 0.1) is 0 Å². The fourth-order valence-electron chi connectivity index (χ4n) is 1.53. The number of carbonyl (C=O) groups is 2. The van der Waals surface area contributed by atoms with Gasteiger partial charge in [0.1, 0.15) is 5.88 Å². The first-order chi connectivity index (χ1) is 7.22. The van der Waals surface area contributed by atoms with Crippen molar-refractivity contribution in [2.75, 3.05) is 5.88 Å². The van der Waals surface area contributed by atoms with Crippen LogP contribution in [0.25, 0.3) is 0 Å². The van der Waals surface area contributed by atoms with Crippen molar-refractivity contribution in [2.24, 2.45) is 0 Å². The Morgan fingerprint density at radius 2 is 2.20 bits per heavy atom. The second-order valence-corrected chi connectivity index (χ2v) is 3.48. The number of halogens is 1. The summed E-state index contributed by atoms with van der Waals surface area (Å²) in [5.41, 5.74) is 3.98. The van der Waals surface area contributed by atoms with Gasteiger partial charge in [-0.3, -0.25) is 15.0 Å². The molecule has 1 aliphatic heterocycles. The first-order valence-electron chi connectivity index (χ1n) is 4.47. The zero-order valence-corrected chi connectivity index (χ0v) is 8.62. The Balaban J connectivity index is 2.17. The molecule has 0 unspecified atom stereocenters. The van der Waals surface area contributed by atoms with Crippen LogP contribution in [0.2, 0.25) is 0 Å². The molecular weight excluding hydrogens is 216 g/mol. The molecule has 15 heavy (non-hydrogen) atoms. The van der Waals surface area contributed by atoms with E-state index in [4.69, 9.17) is 11.6 Å². The zero-order valence-electron chi connectivity index (χ0n) is 7.87. The van der Waals surface area contributed by atoms with E-state index in [1.165, 1.54) is 5.01 Å². The van der Waals surface area contributed by atoms with E-state index in [2.05, 4.69) is 5.43 Å². The van der Waals surface area contributed by atoms with Crippen LogP contribution in [-0.4, -0.2) is 22.7 Å². The first-order valence-corrected chi connectivity index (χ1v) is 5.01. The van der Waals surface area contributed by atoms with Crippen molar-refractivity contribution < 1.29 is 9.59 Å². The van der Waals surface area contributed by atoms with Gasteiger partial charge >= 0.3 is 0 Å². The number of benzene rings is 1. The third kappa shape index (κ3) is 1.80. The monoisotopic (exact) mass is 224 g/mol. The number of nitrogens with zero attached hydrogens (tertiary/aromatic N) is 1. The Kier molecular flexibility index (Phi) is 2.60. The fraction of sp³-hybridized carbons (Fsp3) is 0.200. The van der Waals surface area contributed by atoms with Crippen molar-refractivity contribution in [3.63, 3.8) is 0 Å². The molecule has 5 heteroatoms.